The van der Waals surface area contributed by atoms with Crippen LogP contribution in [0.25, 0.3) is 0 Å². The second-order valence-electron chi connectivity index (χ2n) is 4.57. The number of aryl methyl sites for hydroxylation is 1. The molecule has 5 heteroatoms. The van der Waals surface area contributed by atoms with E-state index in [1.54, 1.807) is 6.33 Å². The molecule has 0 amide bonds. The summed E-state index contributed by atoms with van der Waals surface area (Å²) in [6.07, 6.45) is 5.86. The Morgan fingerprint density at radius 1 is 1.50 bits per heavy atom. The third kappa shape index (κ3) is 2.59. The Balaban J connectivity index is 1.79. The molecule has 1 aromatic rings. The average molecular weight is 224 g/mol. The van der Waals surface area contributed by atoms with Crippen molar-refractivity contribution in [2.24, 2.45) is 0 Å². The van der Waals surface area contributed by atoms with Crippen LogP contribution in [0.5, 0.6) is 0 Å². The Kier molecular flexibility index (Phi) is 3.56. The first kappa shape index (κ1) is 11.5. The van der Waals surface area contributed by atoms with E-state index in [2.05, 4.69) is 22.4 Å². The fraction of sp³-hybridized carbons (Fsp3) is 0.818. The topological polar surface area (TPSA) is 63.0 Å². The summed E-state index contributed by atoms with van der Waals surface area (Å²) in [5.74, 6) is 0.934. The average Bonchev–Trinajstić information content (AvgIpc) is 2.88. The quantitative estimate of drug-likeness (QED) is 0.772. The van der Waals surface area contributed by atoms with E-state index in [0.29, 0.717) is 13.1 Å². The lowest BCUT2D eigenvalue weighted by Crippen LogP contribution is -2.38. The van der Waals surface area contributed by atoms with E-state index in [4.69, 9.17) is 0 Å². The molecule has 1 fully saturated rings. The number of nitrogens with one attached hydrogen (secondary N) is 1. The lowest BCUT2D eigenvalue weighted by molar-refractivity contribution is 0.0472. The van der Waals surface area contributed by atoms with Gasteiger partial charge in [0.05, 0.1) is 12.1 Å². The normalized spacial score (nSPS) is 19.1. The molecule has 0 spiro atoms. The molecule has 2 N–H and O–H groups in total. The number of hydrogen-bond donors (Lipinski definition) is 2. The van der Waals surface area contributed by atoms with Gasteiger partial charge in [0, 0.05) is 13.1 Å². The molecule has 16 heavy (non-hydrogen) atoms. The van der Waals surface area contributed by atoms with Gasteiger partial charge in [-0.2, -0.15) is 0 Å². The number of rotatable bonds is 5. The van der Waals surface area contributed by atoms with Crippen LogP contribution in [0.3, 0.4) is 0 Å². The summed E-state index contributed by atoms with van der Waals surface area (Å²) in [5, 5.41) is 21.3. The first-order valence-electron chi connectivity index (χ1n) is 6.03. The number of hydrogen-bond acceptors (Lipinski definition) is 4. The predicted octanol–water partition coefficient (Wildman–Crippen LogP) is 0.693. The lowest BCUT2D eigenvalue weighted by atomic mass is 10.0. The van der Waals surface area contributed by atoms with E-state index in [0.717, 1.165) is 38.1 Å². The highest BCUT2D eigenvalue weighted by molar-refractivity contribution is 4.89. The zero-order valence-electron chi connectivity index (χ0n) is 9.82. The Morgan fingerprint density at radius 3 is 2.94 bits per heavy atom. The van der Waals surface area contributed by atoms with E-state index in [9.17, 15) is 5.11 Å². The molecule has 0 aliphatic heterocycles. The largest absolute Gasteiger partial charge is 0.389 e. The molecule has 1 aliphatic carbocycles. The molecule has 0 bridgehead atoms. The van der Waals surface area contributed by atoms with E-state index < -0.39 is 5.60 Å². The van der Waals surface area contributed by atoms with Gasteiger partial charge >= 0.3 is 0 Å². The van der Waals surface area contributed by atoms with Gasteiger partial charge in [-0.1, -0.05) is 12.8 Å². The number of aliphatic hydroxyl groups is 1. The summed E-state index contributed by atoms with van der Waals surface area (Å²) < 4.78 is 2.01. The molecule has 0 radical (unpaired) electrons. The maximum absolute atomic E-state index is 10.1. The van der Waals surface area contributed by atoms with Crippen molar-refractivity contribution in [2.75, 3.05) is 6.54 Å². The minimum atomic E-state index is -0.489. The third-order valence-corrected chi connectivity index (χ3v) is 3.31. The van der Waals surface area contributed by atoms with Crippen LogP contribution in [0.1, 0.15) is 38.4 Å². The van der Waals surface area contributed by atoms with Gasteiger partial charge in [-0.05, 0) is 19.8 Å². The van der Waals surface area contributed by atoms with Crippen LogP contribution in [-0.2, 0) is 13.1 Å². The highest BCUT2D eigenvalue weighted by atomic mass is 16.3. The monoisotopic (exact) mass is 224 g/mol. The van der Waals surface area contributed by atoms with Gasteiger partial charge in [-0.15, -0.1) is 10.2 Å². The predicted molar refractivity (Wildman–Crippen MR) is 60.8 cm³/mol. The summed E-state index contributed by atoms with van der Waals surface area (Å²) in [6, 6.07) is 0. The molecular weight excluding hydrogens is 204 g/mol. The molecule has 1 aliphatic rings. The number of nitrogens with zero attached hydrogens (tertiary/aromatic N) is 3. The van der Waals surface area contributed by atoms with Gasteiger partial charge in [0.25, 0.3) is 0 Å². The van der Waals surface area contributed by atoms with Crippen molar-refractivity contribution in [1.82, 2.24) is 20.1 Å². The van der Waals surface area contributed by atoms with Crippen molar-refractivity contribution in [3.63, 3.8) is 0 Å². The summed E-state index contributed by atoms with van der Waals surface area (Å²) in [5.41, 5.74) is -0.489. The highest BCUT2D eigenvalue weighted by Gasteiger charge is 2.30. The van der Waals surface area contributed by atoms with Crippen molar-refractivity contribution in [3.8, 4) is 0 Å². The van der Waals surface area contributed by atoms with Crippen LogP contribution >= 0.6 is 0 Å². The molecule has 0 saturated heterocycles. The van der Waals surface area contributed by atoms with Gasteiger partial charge in [-0.3, -0.25) is 0 Å². The summed E-state index contributed by atoms with van der Waals surface area (Å²) in [4.78, 5) is 0. The fourth-order valence-electron chi connectivity index (χ4n) is 2.30. The van der Waals surface area contributed by atoms with Crippen LogP contribution in [0.4, 0.5) is 0 Å². The first-order valence-corrected chi connectivity index (χ1v) is 6.03. The standard InChI is InChI=1S/C11H20N4O/c1-2-15-9-13-14-10(15)7-12-8-11(16)5-3-4-6-11/h9,12,16H,2-8H2,1H3. The molecule has 2 rings (SSSR count). The zero-order valence-corrected chi connectivity index (χ0v) is 9.82. The zero-order chi connectivity index (χ0) is 11.4. The molecule has 90 valence electrons. The highest BCUT2D eigenvalue weighted by Crippen LogP contribution is 2.28. The summed E-state index contributed by atoms with van der Waals surface area (Å²) in [7, 11) is 0. The molecular formula is C11H20N4O. The first-order chi connectivity index (χ1) is 7.73. The molecule has 1 heterocycles. The van der Waals surface area contributed by atoms with Crippen molar-refractivity contribution in [2.45, 2.75) is 51.3 Å². The van der Waals surface area contributed by atoms with E-state index >= 15 is 0 Å². The summed E-state index contributed by atoms with van der Waals surface area (Å²) >= 11 is 0. The minimum Gasteiger partial charge on any atom is -0.389 e. The van der Waals surface area contributed by atoms with Gasteiger partial charge in [0.1, 0.15) is 12.2 Å². The lowest BCUT2D eigenvalue weighted by Gasteiger charge is -2.22. The SMILES string of the molecule is CCn1cnnc1CNCC1(O)CCCC1. The fourth-order valence-corrected chi connectivity index (χ4v) is 2.30. The Hall–Kier alpha value is -0.940. The van der Waals surface area contributed by atoms with Crippen molar-refractivity contribution < 1.29 is 5.11 Å². The molecule has 0 atom stereocenters. The van der Waals surface area contributed by atoms with Crippen molar-refractivity contribution in [1.29, 1.82) is 0 Å². The third-order valence-electron chi connectivity index (χ3n) is 3.31. The van der Waals surface area contributed by atoms with Crippen molar-refractivity contribution >= 4 is 0 Å². The van der Waals surface area contributed by atoms with E-state index in [-0.39, 0.29) is 0 Å². The molecule has 1 saturated carbocycles. The van der Waals surface area contributed by atoms with Crippen LogP contribution in [0, 0.1) is 0 Å². The second-order valence-corrected chi connectivity index (χ2v) is 4.57. The van der Waals surface area contributed by atoms with Gasteiger partial charge in [-0.25, -0.2) is 0 Å². The molecule has 5 nitrogen and oxygen atoms in total. The minimum absolute atomic E-state index is 0.489. The molecule has 1 aromatic heterocycles. The summed E-state index contributed by atoms with van der Waals surface area (Å²) in [6.45, 7) is 4.28. The Labute approximate surface area is 95.9 Å². The van der Waals surface area contributed by atoms with Gasteiger partial charge in [0.2, 0.25) is 0 Å². The molecule has 0 unspecified atom stereocenters. The van der Waals surface area contributed by atoms with Crippen LogP contribution in [0.2, 0.25) is 0 Å². The van der Waals surface area contributed by atoms with Gasteiger partial charge in [0.15, 0.2) is 0 Å². The number of aromatic nitrogens is 3. The van der Waals surface area contributed by atoms with E-state index in [1.807, 2.05) is 4.57 Å². The van der Waals surface area contributed by atoms with Crippen LogP contribution in [0.15, 0.2) is 6.33 Å². The van der Waals surface area contributed by atoms with Crippen LogP contribution < -0.4 is 5.32 Å². The maximum atomic E-state index is 10.1. The Bertz CT molecular complexity index is 330. The maximum Gasteiger partial charge on any atom is 0.146 e. The Morgan fingerprint density at radius 2 is 2.25 bits per heavy atom. The second kappa shape index (κ2) is 4.93. The van der Waals surface area contributed by atoms with E-state index in [1.165, 1.54) is 0 Å². The van der Waals surface area contributed by atoms with Crippen molar-refractivity contribution in [3.05, 3.63) is 12.2 Å². The van der Waals surface area contributed by atoms with Crippen LogP contribution in [-0.4, -0.2) is 32.0 Å². The smallest absolute Gasteiger partial charge is 0.146 e. The molecule has 0 aromatic carbocycles. The van der Waals surface area contributed by atoms with Gasteiger partial charge < -0.3 is 15.0 Å².